The molecule has 0 N–H and O–H groups in total. The van der Waals surface area contributed by atoms with Gasteiger partial charge in [0.05, 0.1) is 12.0 Å². The Morgan fingerprint density at radius 1 is 1.03 bits per heavy atom. The van der Waals surface area contributed by atoms with Crippen molar-refractivity contribution in [2.24, 2.45) is 0 Å². The van der Waals surface area contributed by atoms with Gasteiger partial charge in [-0.3, -0.25) is 4.79 Å². The van der Waals surface area contributed by atoms with E-state index in [1.54, 1.807) is 36.3 Å². The molecule has 1 aliphatic heterocycles. The number of hydrogen-bond acceptors (Lipinski definition) is 7. The molecule has 168 valence electrons. The zero-order chi connectivity index (χ0) is 22.9. The van der Waals surface area contributed by atoms with E-state index in [-0.39, 0.29) is 27.6 Å². The van der Waals surface area contributed by atoms with Crippen LogP contribution >= 0.6 is 11.6 Å². The highest BCUT2D eigenvalue weighted by atomic mass is 35.5. The molecule has 1 saturated heterocycles. The Bertz CT molecular complexity index is 1220. The second-order valence-corrected chi connectivity index (χ2v) is 9.61. The molecule has 0 unspecified atom stereocenters. The lowest BCUT2D eigenvalue weighted by atomic mass is 10.2. The van der Waals surface area contributed by atoms with Gasteiger partial charge in [-0.25, -0.2) is 8.42 Å². The average Bonchev–Trinajstić information content (AvgIpc) is 3.26. The summed E-state index contributed by atoms with van der Waals surface area (Å²) in [4.78, 5) is 19.7. The molecular weight excluding hydrogens is 454 g/mol. The van der Waals surface area contributed by atoms with E-state index in [1.165, 1.54) is 31.2 Å². The van der Waals surface area contributed by atoms with E-state index in [0.717, 1.165) is 0 Å². The first-order valence-corrected chi connectivity index (χ1v) is 11.8. The molecule has 0 spiro atoms. The third kappa shape index (κ3) is 4.31. The number of sulfone groups is 1. The zero-order valence-electron chi connectivity index (χ0n) is 17.6. The van der Waals surface area contributed by atoms with Crippen LogP contribution in [0.2, 0.25) is 5.02 Å². The van der Waals surface area contributed by atoms with Crippen molar-refractivity contribution in [3.05, 3.63) is 53.6 Å². The van der Waals surface area contributed by atoms with E-state index in [1.807, 2.05) is 4.90 Å². The van der Waals surface area contributed by atoms with Crippen molar-refractivity contribution in [2.75, 3.05) is 38.2 Å². The number of halogens is 1. The molecule has 1 aromatic heterocycles. The van der Waals surface area contributed by atoms with Gasteiger partial charge in [-0.05, 0) is 48.5 Å². The average molecular weight is 476 g/mol. The maximum absolute atomic E-state index is 13.4. The van der Waals surface area contributed by atoms with E-state index in [2.05, 4.69) is 4.98 Å². The summed E-state index contributed by atoms with van der Waals surface area (Å²) in [5, 5.41) is 0.269. The second kappa shape index (κ2) is 8.84. The predicted octanol–water partition coefficient (Wildman–Crippen LogP) is 3.50. The number of methoxy groups -OCH3 is 1. The van der Waals surface area contributed by atoms with Crippen LogP contribution < -0.4 is 9.64 Å². The van der Waals surface area contributed by atoms with Gasteiger partial charge in [0.2, 0.25) is 32.5 Å². The Labute approximate surface area is 191 Å². The highest BCUT2D eigenvalue weighted by molar-refractivity contribution is 7.91. The highest BCUT2D eigenvalue weighted by Crippen LogP contribution is 2.35. The minimum absolute atomic E-state index is 0.0184. The summed E-state index contributed by atoms with van der Waals surface area (Å²) in [5.41, 5.74) is 0.618. The van der Waals surface area contributed by atoms with Gasteiger partial charge < -0.3 is 19.0 Å². The van der Waals surface area contributed by atoms with Crippen LogP contribution in [0.15, 0.2) is 62.9 Å². The van der Waals surface area contributed by atoms with E-state index >= 15 is 0 Å². The van der Waals surface area contributed by atoms with Crippen molar-refractivity contribution < 1.29 is 22.4 Å². The summed E-state index contributed by atoms with van der Waals surface area (Å²) < 4.78 is 38.1. The maximum Gasteiger partial charge on any atom is 0.236 e. The Kier molecular flexibility index (Phi) is 6.12. The number of nitrogens with zero attached hydrogens (tertiary/aromatic N) is 3. The lowest BCUT2D eigenvalue weighted by Gasteiger charge is -2.34. The SMILES string of the molecule is COc1ccc(-c2nc(S(=O)(=O)c3ccc(Cl)cc3)c(N3CCN(C(C)=O)CC3)o2)cc1. The number of rotatable bonds is 5. The first-order valence-electron chi connectivity index (χ1n) is 9.96. The third-order valence-corrected chi connectivity index (χ3v) is 7.23. The fourth-order valence-electron chi connectivity index (χ4n) is 3.48. The fraction of sp³-hybridized carbons (Fsp3) is 0.273. The van der Waals surface area contributed by atoms with Gasteiger partial charge in [0.25, 0.3) is 0 Å². The number of amides is 1. The van der Waals surface area contributed by atoms with Crippen molar-refractivity contribution in [2.45, 2.75) is 16.8 Å². The van der Waals surface area contributed by atoms with Gasteiger partial charge in [-0.15, -0.1) is 0 Å². The first kappa shape index (κ1) is 22.2. The van der Waals surface area contributed by atoms with Crippen molar-refractivity contribution in [3.8, 4) is 17.2 Å². The second-order valence-electron chi connectivity index (χ2n) is 7.31. The number of ether oxygens (including phenoxy) is 1. The predicted molar refractivity (Wildman–Crippen MR) is 120 cm³/mol. The standard InChI is InChI=1S/C22H22ClN3O5S/c1-15(27)25-11-13-26(14-12-25)22-21(32(28,29)19-9-5-17(23)6-10-19)24-20(31-22)16-3-7-18(30-2)8-4-16/h3-10H,11-14H2,1-2H3. The van der Waals surface area contributed by atoms with Gasteiger partial charge in [-0.1, -0.05) is 11.6 Å². The molecule has 2 aromatic carbocycles. The van der Waals surface area contributed by atoms with Crippen LogP contribution in [0.3, 0.4) is 0 Å². The number of aromatic nitrogens is 1. The van der Waals surface area contributed by atoms with Crippen LogP contribution in [0, 0.1) is 0 Å². The van der Waals surface area contributed by atoms with Gasteiger partial charge in [0.15, 0.2) is 0 Å². The molecule has 10 heteroatoms. The van der Waals surface area contributed by atoms with Gasteiger partial charge in [0.1, 0.15) is 5.75 Å². The molecule has 1 aliphatic rings. The lowest BCUT2D eigenvalue weighted by Crippen LogP contribution is -2.48. The zero-order valence-corrected chi connectivity index (χ0v) is 19.2. The van der Waals surface area contributed by atoms with E-state index in [0.29, 0.717) is 42.5 Å². The number of carbonyl (C=O) groups excluding carboxylic acids is 1. The van der Waals surface area contributed by atoms with Crippen LogP contribution in [-0.4, -0.2) is 57.5 Å². The maximum atomic E-state index is 13.4. The van der Waals surface area contributed by atoms with Crippen molar-refractivity contribution >= 4 is 33.2 Å². The van der Waals surface area contributed by atoms with Crippen molar-refractivity contribution in [1.29, 1.82) is 0 Å². The third-order valence-electron chi connectivity index (χ3n) is 5.31. The van der Waals surface area contributed by atoms with Crippen LogP contribution in [0.4, 0.5) is 5.88 Å². The molecule has 0 radical (unpaired) electrons. The van der Waals surface area contributed by atoms with Crippen LogP contribution in [0.25, 0.3) is 11.5 Å². The lowest BCUT2D eigenvalue weighted by molar-refractivity contribution is -0.129. The fourth-order valence-corrected chi connectivity index (χ4v) is 4.93. The normalized spacial score (nSPS) is 14.5. The molecule has 0 saturated carbocycles. The Morgan fingerprint density at radius 3 is 2.22 bits per heavy atom. The topological polar surface area (TPSA) is 93.0 Å². The van der Waals surface area contributed by atoms with E-state index in [4.69, 9.17) is 20.8 Å². The summed E-state index contributed by atoms with van der Waals surface area (Å²) in [5.74, 6) is 0.989. The quantitative estimate of drug-likeness (QED) is 0.557. The number of anilines is 1. The Hall–Kier alpha value is -3.04. The largest absolute Gasteiger partial charge is 0.497 e. The number of hydrogen-bond donors (Lipinski definition) is 0. The monoisotopic (exact) mass is 475 g/mol. The number of benzene rings is 2. The van der Waals surface area contributed by atoms with E-state index < -0.39 is 9.84 Å². The number of carbonyl (C=O) groups is 1. The molecule has 1 amide bonds. The number of oxazole rings is 1. The van der Waals surface area contributed by atoms with Crippen LogP contribution in [0.5, 0.6) is 5.75 Å². The first-order chi connectivity index (χ1) is 15.3. The van der Waals surface area contributed by atoms with Gasteiger partial charge in [0, 0.05) is 43.7 Å². The summed E-state index contributed by atoms with van der Waals surface area (Å²) in [6.07, 6.45) is 0. The summed E-state index contributed by atoms with van der Waals surface area (Å²) in [7, 11) is -2.41. The minimum Gasteiger partial charge on any atom is -0.497 e. The molecule has 2 heterocycles. The molecule has 8 nitrogen and oxygen atoms in total. The molecule has 1 fully saturated rings. The molecule has 0 aliphatic carbocycles. The summed E-state index contributed by atoms with van der Waals surface area (Å²) in [6, 6.07) is 12.9. The van der Waals surface area contributed by atoms with Crippen LogP contribution in [-0.2, 0) is 14.6 Å². The molecule has 0 bridgehead atoms. The molecule has 3 aromatic rings. The number of piperazine rings is 1. The Balaban J connectivity index is 1.77. The minimum atomic E-state index is -3.98. The van der Waals surface area contributed by atoms with Gasteiger partial charge in [-0.2, -0.15) is 4.98 Å². The molecule has 0 atom stereocenters. The molecule has 4 rings (SSSR count). The highest BCUT2D eigenvalue weighted by Gasteiger charge is 2.33. The van der Waals surface area contributed by atoms with Gasteiger partial charge >= 0.3 is 0 Å². The van der Waals surface area contributed by atoms with Crippen molar-refractivity contribution in [3.63, 3.8) is 0 Å². The summed E-state index contributed by atoms with van der Waals surface area (Å²) >= 11 is 5.93. The van der Waals surface area contributed by atoms with Crippen molar-refractivity contribution in [1.82, 2.24) is 9.88 Å². The molecular formula is C22H22ClN3O5S. The Morgan fingerprint density at radius 2 is 1.66 bits per heavy atom. The summed E-state index contributed by atoms with van der Waals surface area (Å²) in [6.45, 7) is 3.31. The van der Waals surface area contributed by atoms with E-state index in [9.17, 15) is 13.2 Å². The van der Waals surface area contributed by atoms with Crippen LogP contribution in [0.1, 0.15) is 6.92 Å². The molecule has 32 heavy (non-hydrogen) atoms. The smallest absolute Gasteiger partial charge is 0.236 e.